The molecule has 1 aliphatic heterocycles. The van der Waals surface area contributed by atoms with Crippen molar-refractivity contribution in [3.05, 3.63) is 60.2 Å². The van der Waals surface area contributed by atoms with Gasteiger partial charge in [-0.25, -0.2) is 4.98 Å². The Morgan fingerprint density at radius 3 is 2.65 bits per heavy atom. The zero-order valence-electron chi connectivity index (χ0n) is 17.5. The van der Waals surface area contributed by atoms with Gasteiger partial charge in [-0.05, 0) is 30.4 Å². The van der Waals surface area contributed by atoms with Crippen LogP contribution in [0.25, 0.3) is 21.0 Å². The maximum absolute atomic E-state index is 13.5. The van der Waals surface area contributed by atoms with Crippen LogP contribution in [-0.2, 0) is 11.2 Å². The van der Waals surface area contributed by atoms with E-state index in [9.17, 15) is 4.79 Å². The Bertz CT molecular complexity index is 1220. The van der Waals surface area contributed by atoms with Gasteiger partial charge in [0.15, 0.2) is 16.6 Å². The predicted molar refractivity (Wildman–Crippen MR) is 124 cm³/mol. The number of carbonyl (C=O) groups excluding carboxylic acids is 1. The lowest BCUT2D eigenvalue weighted by Crippen LogP contribution is -2.37. The molecular formula is C24H23N3O3S. The van der Waals surface area contributed by atoms with Gasteiger partial charge in [0.1, 0.15) is 0 Å². The van der Waals surface area contributed by atoms with Gasteiger partial charge in [-0.3, -0.25) is 9.69 Å². The second kappa shape index (κ2) is 8.17. The molecule has 1 amide bonds. The SMILES string of the molecule is CN(C)CCN(C(=O)Cc1cccc2ccccc12)c1nc2cc3c(cc2s1)OCO3. The molecule has 0 N–H and O–H groups in total. The highest BCUT2D eigenvalue weighted by Gasteiger charge is 2.23. The number of aromatic nitrogens is 1. The monoisotopic (exact) mass is 433 g/mol. The fraction of sp³-hybridized carbons (Fsp3) is 0.250. The van der Waals surface area contributed by atoms with Crippen LogP contribution in [0.3, 0.4) is 0 Å². The minimum atomic E-state index is 0.0392. The molecule has 3 aromatic carbocycles. The fourth-order valence-electron chi connectivity index (χ4n) is 3.75. The van der Waals surface area contributed by atoms with Crippen LogP contribution in [0.2, 0.25) is 0 Å². The topological polar surface area (TPSA) is 54.9 Å². The van der Waals surface area contributed by atoms with Crippen molar-refractivity contribution < 1.29 is 14.3 Å². The summed E-state index contributed by atoms with van der Waals surface area (Å²) < 4.78 is 11.9. The molecule has 2 heterocycles. The summed E-state index contributed by atoms with van der Waals surface area (Å²) in [7, 11) is 4.01. The van der Waals surface area contributed by atoms with Crippen molar-refractivity contribution in [2.24, 2.45) is 0 Å². The van der Waals surface area contributed by atoms with Crippen molar-refractivity contribution in [3.8, 4) is 11.5 Å². The summed E-state index contributed by atoms with van der Waals surface area (Å²) in [5.41, 5.74) is 1.84. The largest absolute Gasteiger partial charge is 0.454 e. The van der Waals surface area contributed by atoms with Gasteiger partial charge < -0.3 is 14.4 Å². The van der Waals surface area contributed by atoms with E-state index in [4.69, 9.17) is 14.5 Å². The third kappa shape index (κ3) is 3.94. The lowest BCUT2D eigenvalue weighted by atomic mass is 10.0. The van der Waals surface area contributed by atoms with Gasteiger partial charge in [-0.1, -0.05) is 53.8 Å². The van der Waals surface area contributed by atoms with E-state index in [1.54, 1.807) is 4.90 Å². The molecular weight excluding hydrogens is 410 g/mol. The Labute approximate surface area is 184 Å². The molecule has 0 spiro atoms. The van der Waals surface area contributed by atoms with Gasteiger partial charge in [0, 0.05) is 25.2 Å². The van der Waals surface area contributed by atoms with Crippen LogP contribution < -0.4 is 14.4 Å². The molecule has 1 aromatic heterocycles. The third-order valence-corrected chi connectivity index (χ3v) is 6.44. The summed E-state index contributed by atoms with van der Waals surface area (Å²) in [5, 5.41) is 2.95. The normalized spacial score (nSPS) is 12.7. The Hall–Kier alpha value is -3.16. The molecule has 0 radical (unpaired) electrons. The molecule has 0 bridgehead atoms. The molecule has 158 valence electrons. The van der Waals surface area contributed by atoms with E-state index >= 15 is 0 Å². The molecule has 4 aromatic rings. The number of carbonyl (C=O) groups is 1. The first-order chi connectivity index (χ1) is 15.1. The standard InChI is InChI=1S/C24H23N3O3S/c1-26(2)10-11-27(23(28)12-17-8-5-7-16-6-3-4-9-18(16)17)24-25-19-13-20-21(30-15-29-20)14-22(19)31-24/h3-9,13-14H,10-12,15H2,1-2H3. The number of anilines is 1. The van der Waals surface area contributed by atoms with Crippen LogP contribution in [0.1, 0.15) is 5.56 Å². The highest BCUT2D eigenvalue weighted by atomic mass is 32.1. The number of rotatable bonds is 6. The van der Waals surface area contributed by atoms with E-state index in [0.29, 0.717) is 23.8 Å². The second-order valence-corrected chi connectivity index (χ2v) is 8.84. The maximum Gasteiger partial charge on any atom is 0.233 e. The highest BCUT2D eigenvalue weighted by molar-refractivity contribution is 7.22. The van der Waals surface area contributed by atoms with Gasteiger partial charge in [-0.2, -0.15) is 0 Å². The molecule has 6 nitrogen and oxygen atoms in total. The minimum absolute atomic E-state index is 0.0392. The number of hydrogen-bond acceptors (Lipinski definition) is 6. The molecule has 0 fully saturated rings. The summed E-state index contributed by atoms with van der Waals surface area (Å²) in [5.74, 6) is 1.47. The summed E-state index contributed by atoms with van der Waals surface area (Å²) in [6.07, 6.45) is 0.327. The van der Waals surface area contributed by atoms with E-state index in [2.05, 4.69) is 23.1 Å². The van der Waals surface area contributed by atoms with Crippen LogP contribution in [0.4, 0.5) is 5.13 Å². The molecule has 31 heavy (non-hydrogen) atoms. The summed E-state index contributed by atoms with van der Waals surface area (Å²) in [6, 6.07) is 18.1. The van der Waals surface area contributed by atoms with Gasteiger partial charge in [-0.15, -0.1) is 0 Å². The Morgan fingerprint density at radius 1 is 1.03 bits per heavy atom. The average molecular weight is 434 g/mol. The summed E-state index contributed by atoms with van der Waals surface area (Å²) in [6.45, 7) is 1.56. The van der Waals surface area contributed by atoms with Gasteiger partial charge >= 0.3 is 0 Å². The quantitative estimate of drug-likeness (QED) is 0.453. The van der Waals surface area contributed by atoms with Crippen molar-refractivity contribution in [1.82, 2.24) is 9.88 Å². The average Bonchev–Trinajstić information content (AvgIpc) is 3.38. The molecule has 0 unspecified atom stereocenters. The number of likely N-dealkylation sites (N-methyl/N-ethyl adjacent to an activating group) is 1. The predicted octanol–water partition coefficient (Wildman–Crippen LogP) is 4.32. The van der Waals surface area contributed by atoms with Crippen LogP contribution in [0.5, 0.6) is 11.5 Å². The number of ether oxygens (including phenoxy) is 2. The smallest absolute Gasteiger partial charge is 0.233 e. The Kier molecular flexibility index (Phi) is 5.21. The first kappa shape index (κ1) is 19.8. The summed E-state index contributed by atoms with van der Waals surface area (Å²) in [4.78, 5) is 22.1. The number of fused-ring (bicyclic) bond motifs is 3. The van der Waals surface area contributed by atoms with E-state index in [-0.39, 0.29) is 12.7 Å². The molecule has 0 saturated carbocycles. The van der Waals surface area contributed by atoms with E-state index in [1.807, 2.05) is 50.5 Å². The van der Waals surface area contributed by atoms with Crippen molar-refractivity contribution in [2.45, 2.75) is 6.42 Å². The third-order valence-electron chi connectivity index (χ3n) is 5.40. The van der Waals surface area contributed by atoms with Crippen LogP contribution >= 0.6 is 11.3 Å². The highest BCUT2D eigenvalue weighted by Crippen LogP contribution is 2.40. The minimum Gasteiger partial charge on any atom is -0.454 e. The molecule has 5 rings (SSSR count). The molecule has 1 aliphatic rings. The Balaban J connectivity index is 1.48. The molecule has 0 atom stereocenters. The van der Waals surface area contributed by atoms with Gasteiger partial charge in [0.2, 0.25) is 12.7 Å². The Morgan fingerprint density at radius 2 is 1.81 bits per heavy atom. The fourth-order valence-corrected chi connectivity index (χ4v) is 4.77. The van der Waals surface area contributed by atoms with Gasteiger partial charge in [0.05, 0.1) is 16.6 Å². The van der Waals surface area contributed by atoms with Crippen molar-refractivity contribution in [1.29, 1.82) is 0 Å². The number of benzene rings is 3. The molecule has 0 saturated heterocycles. The van der Waals surface area contributed by atoms with Crippen LogP contribution in [0, 0.1) is 0 Å². The van der Waals surface area contributed by atoms with Crippen molar-refractivity contribution in [2.75, 3.05) is 38.9 Å². The van der Waals surface area contributed by atoms with Crippen LogP contribution in [0.15, 0.2) is 54.6 Å². The van der Waals surface area contributed by atoms with E-state index in [0.717, 1.165) is 38.8 Å². The number of thiazole rings is 1. The first-order valence-electron chi connectivity index (χ1n) is 10.2. The number of nitrogens with zero attached hydrogens (tertiary/aromatic N) is 3. The van der Waals surface area contributed by atoms with Crippen molar-refractivity contribution in [3.63, 3.8) is 0 Å². The van der Waals surface area contributed by atoms with Crippen LogP contribution in [-0.4, -0.2) is 49.8 Å². The van der Waals surface area contributed by atoms with E-state index < -0.39 is 0 Å². The van der Waals surface area contributed by atoms with Crippen molar-refractivity contribution >= 4 is 43.4 Å². The second-order valence-electron chi connectivity index (χ2n) is 7.83. The maximum atomic E-state index is 13.5. The van der Waals surface area contributed by atoms with E-state index in [1.165, 1.54) is 11.3 Å². The summed E-state index contributed by atoms with van der Waals surface area (Å²) >= 11 is 1.51. The number of amides is 1. The lowest BCUT2D eigenvalue weighted by molar-refractivity contribution is -0.118. The zero-order valence-corrected chi connectivity index (χ0v) is 18.3. The lowest BCUT2D eigenvalue weighted by Gasteiger charge is -2.22. The molecule has 0 aliphatic carbocycles. The van der Waals surface area contributed by atoms with Gasteiger partial charge in [0.25, 0.3) is 0 Å². The zero-order chi connectivity index (χ0) is 21.4. The number of hydrogen-bond donors (Lipinski definition) is 0. The molecule has 7 heteroatoms. The first-order valence-corrected chi connectivity index (χ1v) is 11.0.